The van der Waals surface area contributed by atoms with Gasteiger partial charge in [-0.15, -0.1) is 0 Å². The van der Waals surface area contributed by atoms with Crippen LogP contribution in [0.4, 0.5) is 4.39 Å². The Balaban J connectivity index is 2.12. The normalized spacial score (nSPS) is 10.6. The van der Waals surface area contributed by atoms with E-state index in [0.29, 0.717) is 22.8 Å². The Bertz CT molecular complexity index is 740. The second-order valence-electron chi connectivity index (χ2n) is 4.01. The van der Waals surface area contributed by atoms with Crippen molar-refractivity contribution in [2.24, 2.45) is 0 Å². The van der Waals surface area contributed by atoms with Crippen LogP contribution in [-0.2, 0) is 0 Å². The summed E-state index contributed by atoms with van der Waals surface area (Å²) in [5.41, 5.74) is 0.434. The summed E-state index contributed by atoms with van der Waals surface area (Å²) < 4.78 is 23.7. The number of hydrogen-bond donors (Lipinski definition) is 0. The Labute approximate surface area is 107 Å². The minimum absolute atomic E-state index is 0.197. The summed E-state index contributed by atoms with van der Waals surface area (Å²) in [6.45, 7) is 0. The molecule has 0 saturated heterocycles. The van der Waals surface area contributed by atoms with Gasteiger partial charge in [-0.25, -0.2) is 4.39 Å². The van der Waals surface area contributed by atoms with E-state index in [0.717, 1.165) is 0 Å². The maximum atomic E-state index is 12.9. The van der Waals surface area contributed by atoms with Gasteiger partial charge in [-0.3, -0.25) is 4.79 Å². The lowest BCUT2D eigenvalue weighted by Gasteiger charge is -2.02. The Morgan fingerprint density at radius 2 is 1.63 bits per heavy atom. The lowest BCUT2D eigenvalue weighted by Crippen LogP contribution is -1.98. The number of benzene rings is 1. The van der Waals surface area contributed by atoms with Crippen LogP contribution in [0, 0.1) is 5.82 Å². The standard InChI is InChI=1S/C15H9FO3/c16-11-5-3-10(4-6-11)14-8-12(17)9-15(19-14)13-2-1-7-18-13/h1-9H. The summed E-state index contributed by atoms with van der Waals surface area (Å²) in [5, 5.41) is 0. The molecule has 0 bridgehead atoms. The molecule has 1 aromatic carbocycles. The second kappa shape index (κ2) is 4.57. The van der Waals surface area contributed by atoms with E-state index < -0.39 is 0 Å². The van der Waals surface area contributed by atoms with E-state index in [1.54, 1.807) is 24.3 Å². The van der Waals surface area contributed by atoms with Gasteiger partial charge in [-0.2, -0.15) is 0 Å². The minimum atomic E-state index is -0.340. The highest BCUT2D eigenvalue weighted by Gasteiger charge is 2.08. The molecular weight excluding hydrogens is 247 g/mol. The molecule has 3 aromatic rings. The SMILES string of the molecule is O=c1cc(-c2ccc(F)cc2)oc(-c2ccco2)c1. The Hall–Kier alpha value is -2.62. The summed E-state index contributed by atoms with van der Waals surface area (Å²) >= 11 is 0. The average Bonchev–Trinajstić information content (AvgIpc) is 2.93. The van der Waals surface area contributed by atoms with Crippen LogP contribution in [0.3, 0.4) is 0 Å². The fourth-order valence-corrected chi connectivity index (χ4v) is 1.77. The van der Waals surface area contributed by atoms with Gasteiger partial charge in [-0.05, 0) is 36.4 Å². The van der Waals surface area contributed by atoms with Crippen molar-refractivity contribution in [2.75, 3.05) is 0 Å². The first-order valence-corrected chi connectivity index (χ1v) is 5.67. The Kier molecular flexibility index (Phi) is 2.76. The van der Waals surface area contributed by atoms with Gasteiger partial charge in [-0.1, -0.05) is 0 Å². The molecule has 4 heteroatoms. The van der Waals surface area contributed by atoms with Crippen molar-refractivity contribution in [1.29, 1.82) is 0 Å². The van der Waals surface area contributed by atoms with E-state index >= 15 is 0 Å². The summed E-state index contributed by atoms with van der Waals surface area (Å²) in [6.07, 6.45) is 1.50. The van der Waals surface area contributed by atoms with Crippen LogP contribution < -0.4 is 5.43 Å². The van der Waals surface area contributed by atoms with Crippen LogP contribution in [0.2, 0.25) is 0 Å². The molecule has 94 valence electrons. The first-order chi connectivity index (χ1) is 9.22. The molecule has 0 amide bonds. The third-order valence-corrected chi connectivity index (χ3v) is 2.66. The van der Waals surface area contributed by atoms with E-state index in [2.05, 4.69) is 0 Å². The molecule has 0 aliphatic heterocycles. The Morgan fingerprint density at radius 3 is 2.32 bits per heavy atom. The number of rotatable bonds is 2. The molecule has 0 fully saturated rings. The van der Waals surface area contributed by atoms with Gasteiger partial charge >= 0.3 is 0 Å². The smallest absolute Gasteiger partial charge is 0.186 e. The second-order valence-corrected chi connectivity index (χ2v) is 4.01. The molecule has 19 heavy (non-hydrogen) atoms. The van der Waals surface area contributed by atoms with E-state index in [9.17, 15) is 9.18 Å². The van der Waals surface area contributed by atoms with Crippen LogP contribution in [0.5, 0.6) is 0 Å². The molecule has 0 radical (unpaired) electrons. The lowest BCUT2D eigenvalue weighted by molar-refractivity contribution is 0.522. The molecule has 0 spiro atoms. The van der Waals surface area contributed by atoms with E-state index in [-0.39, 0.29) is 11.2 Å². The van der Waals surface area contributed by atoms with Gasteiger partial charge in [0.05, 0.1) is 6.26 Å². The summed E-state index contributed by atoms with van der Waals surface area (Å²) in [5.74, 6) is 0.852. The van der Waals surface area contributed by atoms with Crippen molar-refractivity contribution in [2.45, 2.75) is 0 Å². The van der Waals surface area contributed by atoms with Crippen molar-refractivity contribution >= 4 is 0 Å². The fourth-order valence-electron chi connectivity index (χ4n) is 1.77. The van der Waals surface area contributed by atoms with Crippen molar-refractivity contribution in [3.05, 3.63) is 70.8 Å². The predicted molar refractivity (Wildman–Crippen MR) is 68.1 cm³/mol. The number of halogens is 1. The highest BCUT2D eigenvalue weighted by molar-refractivity contribution is 5.60. The largest absolute Gasteiger partial charge is 0.461 e. The maximum Gasteiger partial charge on any atom is 0.186 e. The zero-order chi connectivity index (χ0) is 13.2. The quantitative estimate of drug-likeness (QED) is 0.702. The van der Waals surface area contributed by atoms with Gasteiger partial charge in [0.1, 0.15) is 11.6 Å². The molecule has 3 rings (SSSR count). The minimum Gasteiger partial charge on any atom is -0.461 e. The van der Waals surface area contributed by atoms with E-state index in [1.807, 2.05) is 0 Å². The molecule has 0 atom stereocenters. The van der Waals surface area contributed by atoms with Crippen LogP contribution in [0.1, 0.15) is 0 Å². The summed E-state index contributed by atoms with van der Waals surface area (Å²) in [6, 6.07) is 11.9. The number of hydrogen-bond acceptors (Lipinski definition) is 3. The molecule has 0 aliphatic carbocycles. The zero-order valence-electron chi connectivity index (χ0n) is 9.80. The zero-order valence-corrected chi connectivity index (χ0v) is 9.80. The van der Waals surface area contributed by atoms with Gasteiger partial charge in [0.15, 0.2) is 16.9 Å². The first kappa shape index (κ1) is 11.5. The van der Waals surface area contributed by atoms with Crippen molar-refractivity contribution in [3.63, 3.8) is 0 Å². The van der Waals surface area contributed by atoms with Gasteiger partial charge < -0.3 is 8.83 Å². The van der Waals surface area contributed by atoms with Crippen LogP contribution in [-0.4, -0.2) is 0 Å². The molecule has 2 aromatic heterocycles. The van der Waals surface area contributed by atoms with Crippen molar-refractivity contribution in [1.82, 2.24) is 0 Å². The van der Waals surface area contributed by atoms with Crippen LogP contribution in [0.25, 0.3) is 22.8 Å². The maximum absolute atomic E-state index is 12.9. The average molecular weight is 256 g/mol. The Morgan fingerprint density at radius 1 is 0.895 bits per heavy atom. The highest BCUT2D eigenvalue weighted by Crippen LogP contribution is 2.25. The monoisotopic (exact) mass is 256 g/mol. The molecule has 3 nitrogen and oxygen atoms in total. The summed E-state index contributed by atoms with van der Waals surface area (Å²) in [7, 11) is 0. The third-order valence-electron chi connectivity index (χ3n) is 2.66. The molecule has 0 aliphatic rings. The third kappa shape index (κ3) is 2.33. The predicted octanol–water partition coefficient (Wildman–Crippen LogP) is 3.71. The van der Waals surface area contributed by atoms with Crippen molar-refractivity contribution < 1.29 is 13.2 Å². The number of furan rings is 1. The van der Waals surface area contributed by atoms with Gasteiger partial charge in [0.2, 0.25) is 0 Å². The topological polar surface area (TPSA) is 43.4 Å². The van der Waals surface area contributed by atoms with Crippen molar-refractivity contribution in [3.8, 4) is 22.8 Å². The highest BCUT2D eigenvalue weighted by atomic mass is 19.1. The van der Waals surface area contributed by atoms with Gasteiger partial charge in [0, 0.05) is 17.7 Å². The molecule has 0 N–H and O–H groups in total. The molecule has 2 heterocycles. The van der Waals surface area contributed by atoms with E-state index in [1.165, 1.54) is 30.5 Å². The fraction of sp³-hybridized carbons (Fsp3) is 0. The molecule has 0 saturated carbocycles. The van der Waals surface area contributed by atoms with Crippen LogP contribution >= 0.6 is 0 Å². The van der Waals surface area contributed by atoms with Gasteiger partial charge in [0.25, 0.3) is 0 Å². The molecule has 0 unspecified atom stereocenters. The summed E-state index contributed by atoms with van der Waals surface area (Å²) in [4.78, 5) is 11.7. The van der Waals surface area contributed by atoms with Crippen LogP contribution in [0.15, 0.2) is 68.4 Å². The molecular formula is C15H9FO3. The van der Waals surface area contributed by atoms with E-state index in [4.69, 9.17) is 8.83 Å². The lowest BCUT2D eigenvalue weighted by atomic mass is 10.1. The first-order valence-electron chi connectivity index (χ1n) is 5.67.